The fourth-order valence-corrected chi connectivity index (χ4v) is 2.93. The molecule has 0 fully saturated rings. The summed E-state index contributed by atoms with van der Waals surface area (Å²) in [6.07, 6.45) is 1.80. The van der Waals surface area contributed by atoms with E-state index in [1.54, 1.807) is 6.21 Å². The molecule has 1 heterocycles. The van der Waals surface area contributed by atoms with Gasteiger partial charge in [0.1, 0.15) is 5.75 Å². The van der Waals surface area contributed by atoms with Gasteiger partial charge in [-0.1, -0.05) is 29.8 Å². The maximum absolute atomic E-state index is 5.46. The number of aryl methyl sites for hydroxylation is 1. The van der Waals surface area contributed by atoms with E-state index in [1.165, 1.54) is 16.9 Å². The third kappa shape index (κ3) is 4.20. The van der Waals surface area contributed by atoms with Crippen LogP contribution in [0.5, 0.6) is 5.75 Å². The van der Waals surface area contributed by atoms with Crippen LogP contribution < -0.4 is 10.2 Å². The molecule has 0 aliphatic carbocycles. The van der Waals surface area contributed by atoms with Gasteiger partial charge in [0, 0.05) is 10.9 Å². The van der Waals surface area contributed by atoms with Crippen molar-refractivity contribution in [3.05, 3.63) is 65.0 Å². The van der Waals surface area contributed by atoms with Crippen LogP contribution in [-0.4, -0.2) is 17.8 Å². The molecule has 0 atom stereocenters. The van der Waals surface area contributed by atoms with Gasteiger partial charge in [0.25, 0.3) is 0 Å². The fraction of sp³-hybridized carbons (Fsp3) is 0.158. The lowest BCUT2D eigenvalue weighted by molar-refractivity contribution is 0.340. The van der Waals surface area contributed by atoms with Crippen LogP contribution in [-0.2, 0) is 0 Å². The first-order valence-corrected chi connectivity index (χ1v) is 8.67. The lowest BCUT2D eigenvalue weighted by Gasteiger charge is -2.03. The van der Waals surface area contributed by atoms with Gasteiger partial charge in [-0.05, 0) is 43.7 Å². The molecule has 0 aliphatic heterocycles. The Morgan fingerprint density at radius 2 is 2.04 bits per heavy atom. The molecule has 4 nitrogen and oxygen atoms in total. The van der Waals surface area contributed by atoms with Gasteiger partial charge in [0.2, 0.25) is 5.13 Å². The van der Waals surface area contributed by atoms with E-state index in [0.29, 0.717) is 6.61 Å². The maximum atomic E-state index is 5.46. The predicted octanol–water partition coefficient (Wildman–Crippen LogP) is 4.96. The second-order valence-electron chi connectivity index (χ2n) is 5.28. The van der Waals surface area contributed by atoms with Crippen LogP contribution in [0.1, 0.15) is 18.1 Å². The van der Waals surface area contributed by atoms with Gasteiger partial charge in [-0.25, -0.2) is 4.98 Å². The summed E-state index contributed by atoms with van der Waals surface area (Å²) >= 11 is 1.53. The Balaban J connectivity index is 1.65. The number of thiazole rings is 1. The van der Waals surface area contributed by atoms with Gasteiger partial charge in [-0.15, -0.1) is 11.3 Å². The Labute approximate surface area is 145 Å². The fourth-order valence-electron chi connectivity index (χ4n) is 2.26. The van der Waals surface area contributed by atoms with E-state index in [4.69, 9.17) is 4.74 Å². The number of nitrogens with zero attached hydrogens (tertiary/aromatic N) is 2. The zero-order chi connectivity index (χ0) is 16.8. The van der Waals surface area contributed by atoms with Crippen LogP contribution in [0.15, 0.2) is 59.0 Å². The predicted molar refractivity (Wildman–Crippen MR) is 101 cm³/mol. The van der Waals surface area contributed by atoms with E-state index in [-0.39, 0.29) is 0 Å². The number of hydrogen-bond donors (Lipinski definition) is 1. The topological polar surface area (TPSA) is 46.5 Å². The van der Waals surface area contributed by atoms with Crippen molar-refractivity contribution in [3.8, 4) is 17.0 Å². The highest BCUT2D eigenvalue weighted by atomic mass is 32.1. The zero-order valence-corrected chi connectivity index (χ0v) is 14.5. The Morgan fingerprint density at radius 1 is 1.21 bits per heavy atom. The number of anilines is 1. The number of aromatic nitrogens is 1. The van der Waals surface area contributed by atoms with Crippen molar-refractivity contribution < 1.29 is 4.74 Å². The van der Waals surface area contributed by atoms with Gasteiger partial charge in [0.15, 0.2) is 0 Å². The number of hydrogen-bond acceptors (Lipinski definition) is 5. The second-order valence-corrected chi connectivity index (χ2v) is 6.14. The molecule has 0 amide bonds. The molecule has 0 saturated carbocycles. The summed E-state index contributed by atoms with van der Waals surface area (Å²) in [4.78, 5) is 4.56. The molecular weight excluding hydrogens is 318 g/mol. The van der Waals surface area contributed by atoms with E-state index in [1.807, 2.05) is 48.7 Å². The Bertz CT molecular complexity index is 825. The molecule has 1 N–H and O–H groups in total. The summed E-state index contributed by atoms with van der Waals surface area (Å²) < 4.78 is 5.46. The van der Waals surface area contributed by atoms with Crippen LogP contribution in [0.4, 0.5) is 5.13 Å². The van der Waals surface area contributed by atoms with Crippen molar-refractivity contribution in [2.75, 3.05) is 12.0 Å². The molecule has 2 aromatic carbocycles. The Hall–Kier alpha value is -2.66. The first kappa shape index (κ1) is 16.2. The molecular formula is C19H19N3OS. The van der Waals surface area contributed by atoms with Crippen molar-refractivity contribution in [1.29, 1.82) is 0 Å². The van der Waals surface area contributed by atoms with E-state index in [0.717, 1.165) is 27.7 Å². The molecule has 3 rings (SSSR count). The SMILES string of the molecule is CCOc1ccc(-c2csc(N/N=C/c3cccc(C)c3)n2)cc1. The Morgan fingerprint density at radius 3 is 2.79 bits per heavy atom. The van der Waals surface area contributed by atoms with Crippen molar-refractivity contribution in [2.24, 2.45) is 5.10 Å². The van der Waals surface area contributed by atoms with Crippen LogP contribution >= 0.6 is 11.3 Å². The van der Waals surface area contributed by atoms with Crippen LogP contribution in [0, 0.1) is 6.92 Å². The van der Waals surface area contributed by atoms with Crippen LogP contribution in [0.25, 0.3) is 11.3 Å². The van der Waals surface area contributed by atoms with Gasteiger partial charge in [-0.3, -0.25) is 5.43 Å². The van der Waals surface area contributed by atoms with E-state index in [9.17, 15) is 0 Å². The largest absolute Gasteiger partial charge is 0.494 e. The number of hydrazone groups is 1. The van der Waals surface area contributed by atoms with Crippen molar-refractivity contribution in [3.63, 3.8) is 0 Å². The third-order valence-corrected chi connectivity index (χ3v) is 4.13. The van der Waals surface area contributed by atoms with Gasteiger partial charge in [0.05, 0.1) is 18.5 Å². The number of rotatable bonds is 6. The van der Waals surface area contributed by atoms with Crippen molar-refractivity contribution >= 4 is 22.7 Å². The normalized spacial score (nSPS) is 10.9. The minimum absolute atomic E-state index is 0.670. The first-order chi connectivity index (χ1) is 11.7. The van der Waals surface area contributed by atoms with Crippen molar-refractivity contribution in [1.82, 2.24) is 4.98 Å². The molecule has 0 aliphatic rings. The summed E-state index contributed by atoms with van der Waals surface area (Å²) in [6.45, 7) is 4.71. The van der Waals surface area contributed by atoms with E-state index >= 15 is 0 Å². The average molecular weight is 337 g/mol. The molecule has 0 bridgehead atoms. The highest BCUT2D eigenvalue weighted by molar-refractivity contribution is 7.14. The summed E-state index contributed by atoms with van der Waals surface area (Å²) in [5, 5.41) is 7.03. The smallest absolute Gasteiger partial charge is 0.203 e. The molecule has 122 valence electrons. The summed E-state index contributed by atoms with van der Waals surface area (Å²) in [5.74, 6) is 0.873. The summed E-state index contributed by atoms with van der Waals surface area (Å²) in [7, 11) is 0. The maximum Gasteiger partial charge on any atom is 0.203 e. The monoisotopic (exact) mass is 337 g/mol. The minimum Gasteiger partial charge on any atom is -0.494 e. The lowest BCUT2D eigenvalue weighted by Crippen LogP contribution is -1.91. The number of nitrogens with one attached hydrogen (secondary N) is 1. The van der Waals surface area contributed by atoms with Crippen LogP contribution in [0.2, 0.25) is 0 Å². The zero-order valence-electron chi connectivity index (χ0n) is 13.7. The summed E-state index contributed by atoms with van der Waals surface area (Å²) in [5.41, 5.74) is 7.25. The number of ether oxygens (including phenoxy) is 1. The molecule has 1 aromatic heterocycles. The summed E-state index contributed by atoms with van der Waals surface area (Å²) in [6, 6.07) is 16.1. The van der Waals surface area contributed by atoms with Gasteiger partial charge < -0.3 is 4.74 Å². The first-order valence-electron chi connectivity index (χ1n) is 7.79. The highest BCUT2D eigenvalue weighted by Crippen LogP contribution is 2.26. The Kier molecular flexibility index (Phi) is 5.23. The highest BCUT2D eigenvalue weighted by Gasteiger charge is 2.04. The molecule has 0 saturated heterocycles. The second kappa shape index (κ2) is 7.75. The molecule has 5 heteroatoms. The molecule has 0 unspecified atom stereocenters. The van der Waals surface area contributed by atoms with E-state index in [2.05, 4.69) is 34.6 Å². The van der Waals surface area contributed by atoms with E-state index < -0.39 is 0 Å². The molecule has 3 aromatic rings. The molecule has 24 heavy (non-hydrogen) atoms. The molecule has 0 spiro atoms. The quantitative estimate of drug-likeness (QED) is 0.510. The third-order valence-electron chi connectivity index (χ3n) is 3.38. The van der Waals surface area contributed by atoms with Crippen LogP contribution in [0.3, 0.4) is 0 Å². The molecule has 0 radical (unpaired) electrons. The van der Waals surface area contributed by atoms with Gasteiger partial charge in [-0.2, -0.15) is 5.10 Å². The minimum atomic E-state index is 0.670. The van der Waals surface area contributed by atoms with Gasteiger partial charge >= 0.3 is 0 Å². The number of benzene rings is 2. The lowest BCUT2D eigenvalue weighted by atomic mass is 10.2. The van der Waals surface area contributed by atoms with Crippen molar-refractivity contribution in [2.45, 2.75) is 13.8 Å². The average Bonchev–Trinajstić information content (AvgIpc) is 3.05. The standard InChI is InChI=1S/C19H19N3OS/c1-3-23-17-9-7-16(8-10-17)18-13-24-19(21-18)22-20-12-15-6-4-5-14(2)11-15/h4-13H,3H2,1-2H3,(H,21,22)/b20-12+.